The SMILES string of the molecule is [O]C1C=CC=CN1. The second kappa shape index (κ2) is 1.80. The van der Waals surface area contributed by atoms with Gasteiger partial charge in [0.15, 0.2) is 6.23 Å². The van der Waals surface area contributed by atoms with Crippen LogP contribution in [0.5, 0.6) is 0 Å². The second-order valence-corrected chi connectivity index (χ2v) is 1.33. The van der Waals surface area contributed by atoms with Crippen molar-refractivity contribution in [2.75, 3.05) is 0 Å². The van der Waals surface area contributed by atoms with E-state index < -0.39 is 6.23 Å². The van der Waals surface area contributed by atoms with Gasteiger partial charge in [-0.3, -0.25) is 0 Å². The molecule has 0 aromatic heterocycles. The fourth-order valence-corrected chi connectivity index (χ4v) is 0.427. The number of hydrogen-bond donors (Lipinski definition) is 1. The first kappa shape index (κ1) is 4.40. The summed E-state index contributed by atoms with van der Waals surface area (Å²) < 4.78 is 0. The average Bonchev–Trinajstić information content (AvgIpc) is 1.69. The highest BCUT2D eigenvalue weighted by molar-refractivity contribution is 5.08. The van der Waals surface area contributed by atoms with Gasteiger partial charge in [0.25, 0.3) is 0 Å². The number of dihydropyridines is 1. The lowest BCUT2D eigenvalue weighted by molar-refractivity contribution is 0.111. The van der Waals surface area contributed by atoms with Crippen LogP contribution < -0.4 is 5.32 Å². The number of allylic oxidation sites excluding steroid dienone is 2. The molecule has 1 atom stereocenters. The van der Waals surface area contributed by atoms with Crippen LogP contribution in [0.3, 0.4) is 0 Å². The lowest BCUT2D eigenvalue weighted by Gasteiger charge is -2.03. The number of hydrogen-bond acceptors (Lipinski definition) is 1. The fraction of sp³-hybridized carbons (Fsp3) is 0.200. The van der Waals surface area contributed by atoms with E-state index in [0.29, 0.717) is 0 Å². The molecule has 1 aliphatic rings. The normalized spacial score (nSPS) is 27.3. The van der Waals surface area contributed by atoms with Crippen molar-refractivity contribution < 1.29 is 5.11 Å². The van der Waals surface area contributed by atoms with E-state index in [4.69, 9.17) is 0 Å². The second-order valence-electron chi connectivity index (χ2n) is 1.33. The van der Waals surface area contributed by atoms with E-state index in [1.807, 2.05) is 0 Å². The highest BCUT2D eigenvalue weighted by atomic mass is 16.3. The summed E-state index contributed by atoms with van der Waals surface area (Å²) in [6.07, 6.45) is 5.98. The van der Waals surface area contributed by atoms with Crippen LogP contribution in [0, 0.1) is 0 Å². The molecule has 0 fully saturated rings. The van der Waals surface area contributed by atoms with Gasteiger partial charge in [-0.05, 0) is 18.4 Å². The summed E-state index contributed by atoms with van der Waals surface area (Å²) in [6, 6.07) is 0. The van der Waals surface area contributed by atoms with Gasteiger partial charge in [0.1, 0.15) is 0 Å². The van der Waals surface area contributed by atoms with Crippen molar-refractivity contribution in [3.8, 4) is 0 Å². The van der Waals surface area contributed by atoms with Crippen LogP contribution in [0.1, 0.15) is 0 Å². The minimum Gasteiger partial charge on any atom is -0.361 e. The quantitative estimate of drug-likeness (QED) is 0.465. The van der Waals surface area contributed by atoms with Crippen molar-refractivity contribution in [3.05, 3.63) is 24.4 Å². The van der Waals surface area contributed by atoms with E-state index >= 15 is 0 Å². The third-order valence-electron chi connectivity index (χ3n) is 0.754. The first-order valence-electron chi connectivity index (χ1n) is 2.15. The molecule has 2 heteroatoms. The summed E-state index contributed by atoms with van der Waals surface area (Å²) in [5.74, 6) is 0. The van der Waals surface area contributed by atoms with E-state index in [0.717, 1.165) is 0 Å². The van der Waals surface area contributed by atoms with Gasteiger partial charge in [0, 0.05) is 0 Å². The summed E-state index contributed by atoms with van der Waals surface area (Å²) in [7, 11) is 0. The summed E-state index contributed by atoms with van der Waals surface area (Å²) in [5.41, 5.74) is 0. The van der Waals surface area contributed by atoms with E-state index in [1.165, 1.54) is 0 Å². The van der Waals surface area contributed by atoms with Gasteiger partial charge >= 0.3 is 0 Å². The molecule has 1 unspecified atom stereocenters. The van der Waals surface area contributed by atoms with Gasteiger partial charge in [-0.25, -0.2) is 5.11 Å². The molecule has 2 nitrogen and oxygen atoms in total. The molecule has 1 N–H and O–H groups in total. The van der Waals surface area contributed by atoms with Gasteiger partial charge in [0.05, 0.1) is 0 Å². The topological polar surface area (TPSA) is 31.9 Å². The van der Waals surface area contributed by atoms with Gasteiger partial charge in [0.2, 0.25) is 0 Å². The first-order valence-corrected chi connectivity index (χ1v) is 2.15. The Morgan fingerprint density at radius 2 is 2.29 bits per heavy atom. The minimum absolute atomic E-state index is 0.731. The molecule has 0 saturated heterocycles. The zero-order valence-electron chi connectivity index (χ0n) is 3.79. The van der Waals surface area contributed by atoms with Gasteiger partial charge in [-0.1, -0.05) is 6.08 Å². The molecule has 0 amide bonds. The van der Waals surface area contributed by atoms with Crippen LogP contribution in [0.4, 0.5) is 0 Å². The van der Waals surface area contributed by atoms with Crippen molar-refractivity contribution in [3.63, 3.8) is 0 Å². The molecule has 1 radical (unpaired) electrons. The largest absolute Gasteiger partial charge is 0.361 e. The molecular weight excluding hydrogens is 90.1 g/mol. The van der Waals surface area contributed by atoms with Crippen LogP contribution >= 0.6 is 0 Å². The van der Waals surface area contributed by atoms with E-state index in [1.54, 1.807) is 24.4 Å². The van der Waals surface area contributed by atoms with Gasteiger partial charge in [-0.2, -0.15) is 0 Å². The van der Waals surface area contributed by atoms with E-state index in [9.17, 15) is 5.11 Å². The molecule has 37 valence electrons. The Bertz CT molecular complexity index is 107. The van der Waals surface area contributed by atoms with Crippen molar-refractivity contribution in [2.24, 2.45) is 0 Å². The van der Waals surface area contributed by atoms with Crippen LogP contribution in [-0.2, 0) is 5.11 Å². The molecule has 0 spiro atoms. The Morgan fingerprint density at radius 1 is 1.43 bits per heavy atom. The predicted octanol–water partition coefficient (Wildman–Crippen LogP) is 0.416. The third-order valence-corrected chi connectivity index (χ3v) is 0.754. The Balaban J connectivity index is 2.49. The molecule has 1 rings (SSSR count). The molecule has 0 saturated carbocycles. The molecule has 0 bridgehead atoms. The Kier molecular flexibility index (Phi) is 1.13. The Hall–Kier alpha value is -0.760. The molecule has 7 heavy (non-hydrogen) atoms. The highest BCUT2D eigenvalue weighted by Crippen LogP contribution is 1.88. The van der Waals surface area contributed by atoms with Gasteiger partial charge in [-0.15, -0.1) is 0 Å². The molecule has 1 heterocycles. The number of nitrogens with one attached hydrogen (secondary N) is 1. The van der Waals surface area contributed by atoms with Crippen LogP contribution in [0.15, 0.2) is 24.4 Å². The first-order chi connectivity index (χ1) is 3.39. The van der Waals surface area contributed by atoms with Crippen molar-refractivity contribution in [1.82, 2.24) is 5.32 Å². The lowest BCUT2D eigenvalue weighted by Crippen LogP contribution is -2.20. The highest BCUT2D eigenvalue weighted by Gasteiger charge is 1.94. The zero-order chi connectivity index (χ0) is 5.11. The van der Waals surface area contributed by atoms with Gasteiger partial charge < -0.3 is 5.32 Å². The minimum atomic E-state index is -0.731. The molecular formula is C5H6NO. The molecule has 0 aliphatic carbocycles. The van der Waals surface area contributed by atoms with Crippen molar-refractivity contribution >= 4 is 0 Å². The third kappa shape index (κ3) is 1.05. The summed E-state index contributed by atoms with van der Waals surface area (Å²) >= 11 is 0. The number of rotatable bonds is 0. The Labute approximate surface area is 42.2 Å². The standard InChI is InChI=1S/C5H6NO/c7-5-3-1-2-4-6-5/h1-6H. The molecule has 0 aromatic rings. The maximum Gasteiger partial charge on any atom is 0.181 e. The fourth-order valence-electron chi connectivity index (χ4n) is 0.427. The van der Waals surface area contributed by atoms with E-state index in [2.05, 4.69) is 5.32 Å². The Morgan fingerprint density at radius 3 is 2.57 bits per heavy atom. The van der Waals surface area contributed by atoms with Crippen molar-refractivity contribution in [2.45, 2.75) is 6.23 Å². The van der Waals surface area contributed by atoms with Crippen LogP contribution in [0.2, 0.25) is 0 Å². The average molecular weight is 96.1 g/mol. The maximum atomic E-state index is 10.3. The van der Waals surface area contributed by atoms with Crippen LogP contribution in [0.25, 0.3) is 0 Å². The summed E-state index contributed by atoms with van der Waals surface area (Å²) in [5, 5.41) is 12.9. The molecule has 0 aromatic carbocycles. The predicted molar refractivity (Wildman–Crippen MR) is 25.9 cm³/mol. The van der Waals surface area contributed by atoms with Crippen LogP contribution in [-0.4, -0.2) is 6.23 Å². The maximum absolute atomic E-state index is 10.3. The summed E-state index contributed by atoms with van der Waals surface area (Å²) in [4.78, 5) is 0. The van der Waals surface area contributed by atoms with Crippen molar-refractivity contribution in [1.29, 1.82) is 0 Å². The van der Waals surface area contributed by atoms with E-state index in [-0.39, 0.29) is 0 Å². The lowest BCUT2D eigenvalue weighted by atomic mass is 10.4. The molecule has 1 aliphatic heterocycles. The summed E-state index contributed by atoms with van der Waals surface area (Å²) in [6.45, 7) is 0. The monoisotopic (exact) mass is 96.0 g/mol. The smallest absolute Gasteiger partial charge is 0.181 e. The zero-order valence-corrected chi connectivity index (χ0v) is 3.79.